The van der Waals surface area contributed by atoms with Crippen molar-refractivity contribution < 1.29 is 0 Å². The predicted octanol–water partition coefficient (Wildman–Crippen LogP) is 1.70. The van der Waals surface area contributed by atoms with Crippen molar-refractivity contribution in [3.8, 4) is 0 Å². The second kappa shape index (κ2) is 5.70. The molecule has 2 fully saturated rings. The Bertz CT molecular complexity index is 474. The second-order valence-electron chi connectivity index (χ2n) is 6.33. The zero-order valence-electron chi connectivity index (χ0n) is 12.9. The van der Waals surface area contributed by atoms with Crippen LogP contribution in [0.1, 0.15) is 29.7 Å². The van der Waals surface area contributed by atoms with Gasteiger partial charge in [0.15, 0.2) is 0 Å². The maximum absolute atomic E-state index is 4.85. The fourth-order valence-corrected chi connectivity index (χ4v) is 2.88. The highest BCUT2D eigenvalue weighted by Gasteiger charge is 2.23. The van der Waals surface area contributed by atoms with Crippen molar-refractivity contribution in [2.45, 2.75) is 39.3 Å². The second-order valence-corrected chi connectivity index (χ2v) is 6.33. The first-order valence-corrected chi connectivity index (χ1v) is 7.77. The molecule has 1 aromatic rings. The van der Waals surface area contributed by atoms with Gasteiger partial charge in [-0.15, -0.1) is 0 Å². The van der Waals surface area contributed by atoms with Crippen molar-refractivity contribution in [3.63, 3.8) is 0 Å². The monoisotopic (exact) mass is 274 g/mol. The molecule has 0 unspecified atom stereocenters. The molecule has 1 N–H and O–H groups in total. The summed E-state index contributed by atoms with van der Waals surface area (Å²) in [7, 11) is 2.20. The topological polar surface area (TPSA) is 31.4 Å². The maximum atomic E-state index is 4.85. The lowest BCUT2D eigenvalue weighted by Gasteiger charge is -2.35. The molecule has 1 aliphatic carbocycles. The average molecular weight is 274 g/mol. The summed E-state index contributed by atoms with van der Waals surface area (Å²) >= 11 is 0. The van der Waals surface area contributed by atoms with E-state index in [1.165, 1.54) is 29.8 Å². The molecule has 0 bridgehead atoms. The predicted molar refractivity (Wildman–Crippen MR) is 83.3 cm³/mol. The standard InChI is InChI=1S/C16H26N4/c1-12-10-13(2)18-16(15(12)11-17-14-4-5-14)20-8-6-19(3)7-9-20/h10,14,17H,4-9,11H2,1-3H3. The third-order valence-corrected chi connectivity index (χ3v) is 4.40. The van der Waals surface area contributed by atoms with E-state index < -0.39 is 0 Å². The van der Waals surface area contributed by atoms with Gasteiger partial charge in [-0.3, -0.25) is 0 Å². The van der Waals surface area contributed by atoms with Crippen LogP contribution in [0.2, 0.25) is 0 Å². The van der Waals surface area contributed by atoms with Crippen LogP contribution in [0.25, 0.3) is 0 Å². The first-order chi connectivity index (χ1) is 9.63. The highest BCUT2D eigenvalue weighted by atomic mass is 15.3. The summed E-state index contributed by atoms with van der Waals surface area (Å²) < 4.78 is 0. The Labute approximate surface area is 122 Å². The quantitative estimate of drug-likeness (QED) is 0.905. The van der Waals surface area contributed by atoms with Gasteiger partial charge in [-0.25, -0.2) is 4.98 Å². The zero-order valence-corrected chi connectivity index (χ0v) is 12.9. The van der Waals surface area contributed by atoms with Crippen LogP contribution in [0.4, 0.5) is 5.82 Å². The van der Waals surface area contributed by atoms with Gasteiger partial charge in [0.25, 0.3) is 0 Å². The molecule has 2 aliphatic rings. The number of aromatic nitrogens is 1. The number of piperazine rings is 1. The van der Waals surface area contributed by atoms with Crippen molar-refractivity contribution in [2.75, 3.05) is 38.1 Å². The highest BCUT2D eigenvalue weighted by molar-refractivity contribution is 5.52. The van der Waals surface area contributed by atoms with E-state index in [-0.39, 0.29) is 0 Å². The summed E-state index contributed by atoms with van der Waals surface area (Å²) in [5.41, 5.74) is 3.90. The maximum Gasteiger partial charge on any atom is 0.133 e. The highest BCUT2D eigenvalue weighted by Crippen LogP contribution is 2.26. The minimum absolute atomic E-state index is 0.746. The first-order valence-electron chi connectivity index (χ1n) is 7.77. The summed E-state index contributed by atoms with van der Waals surface area (Å²) in [6.45, 7) is 9.72. The SMILES string of the molecule is Cc1cc(C)c(CNC2CC2)c(N2CCN(C)CC2)n1. The number of hydrogen-bond donors (Lipinski definition) is 1. The van der Waals surface area contributed by atoms with Crippen LogP contribution in [-0.2, 0) is 6.54 Å². The third-order valence-electron chi connectivity index (χ3n) is 4.40. The molecule has 0 radical (unpaired) electrons. The van der Waals surface area contributed by atoms with Crippen LogP contribution < -0.4 is 10.2 Å². The Balaban J connectivity index is 1.82. The lowest BCUT2D eigenvalue weighted by atomic mass is 10.1. The van der Waals surface area contributed by atoms with Gasteiger partial charge in [-0.2, -0.15) is 0 Å². The molecule has 4 nitrogen and oxygen atoms in total. The fourth-order valence-electron chi connectivity index (χ4n) is 2.88. The molecule has 20 heavy (non-hydrogen) atoms. The van der Waals surface area contributed by atoms with E-state index in [0.29, 0.717) is 0 Å². The van der Waals surface area contributed by atoms with Gasteiger partial charge in [0.1, 0.15) is 5.82 Å². The normalized spacial score (nSPS) is 20.4. The number of nitrogens with zero attached hydrogens (tertiary/aromatic N) is 3. The van der Waals surface area contributed by atoms with Crippen LogP contribution >= 0.6 is 0 Å². The van der Waals surface area contributed by atoms with Crippen molar-refractivity contribution in [1.82, 2.24) is 15.2 Å². The Hall–Kier alpha value is -1.13. The van der Waals surface area contributed by atoms with Gasteiger partial charge in [0.2, 0.25) is 0 Å². The molecule has 1 saturated carbocycles. The van der Waals surface area contributed by atoms with Crippen LogP contribution in [-0.4, -0.2) is 49.2 Å². The summed E-state index contributed by atoms with van der Waals surface area (Å²) in [6, 6.07) is 2.96. The van der Waals surface area contributed by atoms with Crippen molar-refractivity contribution in [3.05, 3.63) is 22.9 Å². The molecule has 0 aromatic carbocycles. The first kappa shape index (κ1) is 13.8. The number of aryl methyl sites for hydroxylation is 2. The van der Waals surface area contributed by atoms with E-state index in [4.69, 9.17) is 4.98 Å². The van der Waals surface area contributed by atoms with E-state index in [9.17, 15) is 0 Å². The molecule has 0 amide bonds. The summed E-state index contributed by atoms with van der Waals surface area (Å²) in [5, 5.41) is 3.64. The Morgan fingerprint density at radius 3 is 2.55 bits per heavy atom. The van der Waals surface area contributed by atoms with E-state index >= 15 is 0 Å². The van der Waals surface area contributed by atoms with Gasteiger partial charge in [-0.1, -0.05) is 0 Å². The van der Waals surface area contributed by atoms with Gasteiger partial charge in [-0.05, 0) is 45.4 Å². The van der Waals surface area contributed by atoms with E-state index in [2.05, 4.69) is 42.1 Å². The van der Waals surface area contributed by atoms with Gasteiger partial charge in [0, 0.05) is 50.0 Å². The molecule has 1 aliphatic heterocycles. The van der Waals surface area contributed by atoms with Crippen molar-refractivity contribution >= 4 is 5.82 Å². The average Bonchev–Trinajstić information content (AvgIpc) is 3.22. The molecular formula is C16H26N4. The van der Waals surface area contributed by atoms with Crippen molar-refractivity contribution in [1.29, 1.82) is 0 Å². The zero-order chi connectivity index (χ0) is 14.1. The molecular weight excluding hydrogens is 248 g/mol. The van der Waals surface area contributed by atoms with E-state index in [1.54, 1.807) is 0 Å². The van der Waals surface area contributed by atoms with Gasteiger partial charge < -0.3 is 15.1 Å². The number of rotatable bonds is 4. The number of likely N-dealkylation sites (N-methyl/N-ethyl adjacent to an activating group) is 1. The molecule has 1 saturated heterocycles. The minimum Gasteiger partial charge on any atom is -0.354 e. The van der Waals surface area contributed by atoms with Crippen LogP contribution in [0.5, 0.6) is 0 Å². The Morgan fingerprint density at radius 2 is 1.90 bits per heavy atom. The number of nitrogens with one attached hydrogen (secondary N) is 1. The lowest BCUT2D eigenvalue weighted by Crippen LogP contribution is -2.45. The summed E-state index contributed by atoms with van der Waals surface area (Å²) in [5.74, 6) is 1.21. The van der Waals surface area contributed by atoms with Crippen LogP contribution in [0.3, 0.4) is 0 Å². The molecule has 1 aromatic heterocycles. The summed E-state index contributed by atoms with van der Waals surface area (Å²) in [4.78, 5) is 9.70. The van der Waals surface area contributed by atoms with E-state index in [1.807, 2.05) is 0 Å². The van der Waals surface area contributed by atoms with E-state index in [0.717, 1.165) is 44.5 Å². The van der Waals surface area contributed by atoms with Gasteiger partial charge >= 0.3 is 0 Å². The molecule has 2 heterocycles. The Morgan fingerprint density at radius 1 is 1.20 bits per heavy atom. The number of hydrogen-bond acceptors (Lipinski definition) is 4. The van der Waals surface area contributed by atoms with Crippen LogP contribution in [0.15, 0.2) is 6.07 Å². The molecule has 110 valence electrons. The number of anilines is 1. The summed E-state index contributed by atoms with van der Waals surface area (Å²) in [6.07, 6.45) is 2.67. The Kier molecular flexibility index (Phi) is 3.94. The molecule has 4 heteroatoms. The lowest BCUT2D eigenvalue weighted by molar-refractivity contribution is 0.311. The molecule has 0 spiro atoms. The van der Waals surface area contributed by atoms with Crippen molar-refractivity contribution in [2.24, 2.45) is 0 Å². The molecule has 3 rings (SSSR count). The minimum atomic E-state index is 0.746. The fraction of sp³-hybridized carbons (Fsp3) is 0.688. The largest absolute Gasteiger partial charge is 0.354 e. The van der Waals surface area contributed by atoms with Gasteiger partial charge in [0.05, 0.1) is 0 Å². The molecule has 0 atom stereocenters. The van der Waals surface area contributed by atoms with Crippen LogP contribution in [0, 0.1) is 13.8 Å². The number of pyridine rings is 1. The third kappa shape index (κ3) is 3.13. The smallest absolute Gasteiger partial charge is 0.133 e.